The Hall–Kier alpha value is -3.81. The van der Waals surface area contributed by atoms with E-state index in [4.69, 9.17) is 0 Å². The van der Waals surface area contributed by atoms with Crippen LogP contribution in [0.2, 0.25) is 0 Å². The van der Waals surface area contributed by atoms with Crippen molar-refractivity contribution in [1.82, 2.24) is 30.0 Å². The van der Waals surface area contributed by atoms with Gasteiger partial charge in [-0.05, 0) is 12.1 Å². The van der Waals surface area contributed by atoms with E-state index >= 15 is 0 Å². The second kappa shape index (κ2) is 6.60. The molecule has 0 unspecified atom stereocenters. The number of amides is 1. The summed E-state index contributed by atoms with van der Waals surface area (Å²) in [4.78, 5) is 35.4. The molecule has 0 saturated heterocycles. The summed E-state index contributed by atoms with van der Waals surface area (Å²) in [6.07, 6.45) is 4.60. The summed E-state index contributed by atoms with van der Waals surface area (Å²) in [5.41, 5.74) is 1.41. The van der Waals surface area contributed by atoms with Gasteiger partial charge in [0, 0.05) is 35.3 Å². The molecule has 0 aliphatic heterocycles. The molecule has 0 aliphatic rings. The Kier molecular flexibility index (Phi) is 3.98. The number of nitrogens with zero attached hydrogens (tertiary/aromatic N) is 4. The minimum atomic E-state index is -0.333. The lowest BCUT2D eigenvalue weighted by molar-refractivity contribution is 0.0952. The lowest BCUT2D eigenvalue weighted by atomic mass is 10.1. The fourth-order valence-corrected chi connectivity index (χ4v) is 2.76. The van der Waals surface area contributed by atoms with E-state index in [0.29, 0.717) is 22.3 Å². The third kappa shape index (κ3) is 2.95. The molecular weight excluding hydrogens is 332 g/mol. The average molecular weight is 346 g/mol. The minimum Gasteiger partial charge on any atom is -0.348 e. The van der Waals surface area contributed by atoms with Crippen molar-refractivity contribution in [1.29, 1.82) is 0 Å². The molecule has 8 heteroatoms. The molecule has 1 aromatic carbocycles. The molecule has 0 radical (unpaired) electrons. The highest BCUT2D eigenvalue weighted by Crippen LogP contribution is 2.15. The van der Waals surface area contributed by atoms with Gasteiger partial charge in [0.15, 0.2) is 5.82 Å². The van der Waals surface area contributed by atoms with Crippen LogP contribution in [0.5, 0.6) is 0 Å². The van der Waals surface area contributed by atoms with E-state index in [1.54, 1.807) is 30.5 Å². The smallest absolute Gasteiger partial charge is 0.252 e. The van der Waals surface area contributed by atoms with Gasteiger partial charge in [0.05, 0.1) is 5.56 Å². The van der Waals surface area contributed by atoms with Crippen molar-refractivity contribution in [2.45, 2.75) is 6.54 Å². The summed E-state index contributed by atoms with van der Waals surface area (Å²) in [7, 11) is 0. The van der Waals surface area contributed by atoms with Gasteiger partial charge in [-0.3, -0.25) is 9.59 Å². The van der Waals surface area contributed by atoms with Crippen LogP contribution in [0, 0.1) is 0 Å². The van der Waals surface area contributed by atoms with E-state index in [9.17, 15) is 9.59 Å². The van der Waals surface area contributed by atoms with Gasteiger partial charge in [0.1, 0.15) is 12.7 Å². The number of carbonyl (C=O) groups is 1. The van der Waals surface area contributed by atoms with Crippen molar-refractivity contribution in [3.63, 3.8) is 0 Å². The summed E-state index contributed by atoms with van der Waals surface area (Å²) in [5.74, 6) is 0.252. The fourth-order valence-electron chi connectivity index (χ4n) is 2.76. The van der Waals surface area contributed by atoms with Crippen molar-refractivity contribution < 1.29 is 4.79 Å². The molecule has 2 N–H and O–H groups in total. The van der Waals surface area contributed by atoms with E-state index in [0.717, 1.165) is 5.56 Å². The maximum Gasteiger partial charge on any atom is 0.252 e. The zero-order valence-electron chi connectivity index (χ0n) is 13.6. The number of nitrogens with one attached hydrogen (secondary N) is 2. The molecule has 0 aliphatic carbocycles. The highest BCUT2D eigenvalue weighted by atomic mass is 16.2. The van der Waals surface area contributed by atoms with Gasteiger partial charge in [-0.15, -0.1) is 0 Å². The number of hydrogen-bond acceptors (Lipinski definition) is 5. The summed E-state index contributed by atoms with van der Waals surface area (Å²) in [6, 6.07) is 12.1. The highest BCUT2D eigenvalue weighted by Gasteiger charge is 2.13. The largest absolute Gasteiger partial charge is 0.348 e. The Balaban J connectivity index is 1.62. The molecule has 0 bridgehead atoms. The van der Waals surface area contributed by atoms with E-state index < -0.39 is 0 Å². The summed E-state index contributed by atoms with van der Waals surface area (Å²) in [6.45, 7) is 0.239. The third-order valence-corrected chi connectivity index (χ3v) is 3.94. The monoisotopic (exact) mass is 346 g/mol. The molecule has 4 aromatic rings. The average Bonchev–Trinajstić information content (AvgIpc) is 3.20. The number of hydrogen-bond donors (Lipinski definition) is 2. The molecule has 0 fully saturated rings. The van der Waals surface area contributed by atoms with Gasteiger partial charge < -0.3 is 10.3 Å². The number of pyridine rings is 2. The quantitative estimate of drug-likeness (QED) is 0.581. The second-order valence-corrected chi connectivity index (χ2v) is 5.60. The third-order valence-electron chi connectivity index (χ3n) is 3.94. The van der Waals surface area contributed by atoms with Crippen LogP contribution in [0.3, 0.4) is 0 Å². The lowest BCUT2D eigenvalue weighted by Crippen LogP contribution is -2.25. The van der Waals surface area contributed by atoms with Crippen molar-refractivity contribution >= 4 is 16.8 Å². The molecule has 0 spiro atoms. The number of benzene rings is 1. The topological polar surface area (TPSA) is 106 Å². The molecule has 1 amide bonds. The van der Waals surface area contributed by atoms with E-state index in [1.807, 2.05) is 12.1 Å². The van der Waals surface area contributed by atoms with E-state index in [-0.39, 0.29) is 18.0 Å². The number of fused-ring (bicyclic) bond motifs is 1. The van der Waals surface area contributed by atoms with Gasteiger partial charge in [-0.25, -0.2) is 14.6 Å². The number of aromatic amines is 1. The Morgan fingerprint density at radius 3 is 2.92 bits per heavy atom. The normalized spacial score (nSPS) is 10.8. The highest BCUT2D eigenvalue weighted by molar-refractivity contribution is 6.05. The Morgan fingerprint density at radius 2 is 2.08 bits per heavy atom. The molecule has 0 saturated carbocycles. The van der Waals surface area contributed by atoms with Crippen molar-refractivity contribution in [3.05, 3.63) is 82.8 Å². The zero-order valence-corrected chi connectivity index (χ0v) is 13.6. The van der Waals surface area contributed by atoms with Gasteiger partial charge in [0.2, 0.25) is 5.56 Å². The van der Waals surface area contributed by atoms with E-state index in [2.05, 4.69) is 25.4 Å². The maximum absolute atomic E-state index is 12.7. The van der Waals surface area contributed by atoms with Crippen molar-refractivity contribution in [2.24, 2.45) is 0 Å². The first-order valence-electron chi connectivity index (χ1n) is 7.91. The molecule has 0 atom stereocenters. The number of carbonyl (C=O) groups excluding carboxylic acids is 1. The van der Waals surface area contributed by atoms with Crippen LogP contribution in [0.15, 0.2) is 66.1 Å². The van der Waals surface area contributed by atoms with Crippen LogP contribution in [-0.4, -0.2) is 30.6 Å². The first-order chi connectivity index (χ1) is 12.7. The maximum atomic E-state index is 12.7. The Labute approximate surface area is 147 Å². The van der Waals surface area contributed by atoms with Crippen molar-refractivity contribution in [2.75, 3.05) is 0 Å². The number of H-pyrrole nitrogens is 1. The lowest BCUT2D eigenvalue weighted by Gasteiger charge is -2.10. The standard InChI is InChI=1S/C18H14N6O2/c25-16-8-14(13-5-1-2-6-15(13)23-16)18(26)21-9-12-4-3-7-20-17(12)24-11-19-10-22-24/h1-8,10-11H,9H2,(H,21,26)(H,23,25). The molecule has 3 aromatic heterocycles. The summed E-state index contributed by atoms with van der Waals surface area (Å²) >= 11 is 0. The van der Waals surface area contributed by atoms with Crippen molar-refractivity contribution in [3.8, 4) is 5.82 Å². The van der Waals surface area contributed by atoms with Crippen LogP contribution in [0.4, 0.5) is 0 Å². The van der Waals surface area contributed by atoms with Crippen LogP contribution in [0.25, 0.3) is 16.7 Å². The first-order valence-corrected chi connectivity index (χ1v) is 7.91. The minimum absolute atomic E-state index is 0.239. The Morgan fingerprint density at radius 1 is 1.19 bits per heavy atom. The molecule has 4 rings (SSSR count). The number of aromatic nitrogens is 5. The van der Waals surface area contributed by atoms with Gasteiger partial charge in [-0.2, -0.15) is 5.10 Å². The molecular formula is C18H14N6O2. The van der Waals surface area contributed by atoms with Gasteiger partial charge >= 0.3 is 0 Å². The summed E-state index contributed by atoms with van der Waals surface area (Å²) in [5, 5.41) is 7.60. The summed E-state index contributed by atoms with van der Waals surface area (Å²) < 4.78 is 1.53. The second-order valence-electron chi connectivity index (χ2n) is 5.60. The van der Waals surface area contributed by atoms with Gasteiger partial charge in [-0.1, -0.05) is 24.3 Å². The SMILES string of the molecule is O=C(NCc1cccnc1-n1cncn1)c1cc(=O)[nH]c2ccccc12. The molecule has 3 heterocycles. The predicted molar refractivity (Wildman–Crippen MR) is 94.9 cm³/mol. The number of rotatable bonds is 4. The van der Waals surface area contributed by atoms with Crippen LogP contribution in [0.1, 0.15) is 15.9 Å². The van der Waals surface area contributed by atoms with Crippen LogP contribution >= 0.6 is 0 Å². The van der Waals surface area contributed by atoms with Crippen LogP contribution in [-0.2, 0) is 6.54 Å². The zero-order chi connectivity index (χ0) is 17.9. The fraction of sp³-hybridized carbons (Fsp3) is 0.0556. The molecule has 26 heavy (non-hydrogen) atoms. The van der Waals surface area contributed by atoms with E-state index in [1.165, 1.54) is 23.4 Å². The molecule has 8 nitrogen and oxygen atoms in total. The Bertz CT molecular complexity index is 1130. The number of para-hydroxylation sites is 1. The van der Waals surface area contributed by atoms with Crippen LogP contribution < -0.4 is 10.9 Å². The first kappa shape index (κ1) is 15.7. The molecule has 128 valence electrons. The van der Waals surface area contributed by atoms with Gasteiger partial charge in [0.25, 0.3) is 5.91 Å². The predicted octanol–water partition coefficient (Wildman–Crippen LogP) is 1.43.